The first kappa shape index (κ1) is 16.0. The predicted molar refractivity (Wildman–Crippen MR) is 82.0 cm³/mol. The number of likely N-dealkylation sites (tertiary alicyclic amines) is 1. The van der Waals surface area contributed by atoms with Crippen LogP contribution in [0.25, 0.3) is 0 Å². The number of esters is 1. The number of rotatable bonds is 6. The Kier molecular flexibility index (Phi) is 6.20. The van der Waals surface area contributed by atoms with E-state index in [1.165, 1.54) is 0 Å². The Labute approximate surface area is 129 Å². The maximum Gasteiger partial charge on any atom is 0.310 e. The molecular formula is C15H22N2O3S. The van der Waals surface area contributed by atoms with Crippen molar-refractivity contribution >= 4 is 23.2 Å². The first-order valence-corrected chi connectivity index (χ1v) is 8.25. The highest BCUT2D eigenvalue weighted by Gasteiger charge is 2.27. The van der Waals surface area contributed by atoms with Gasteiger partial charge in [0.15, 0.2) is 0 Å². The predicted octanol–water partition coefficient (Wildman–Crippen LogP) is 1.64. The van der Waals surface area contributed by atoms with Gasteiger partial charge in [0.25, 0.3) is 0 Å². The molecule has 21 heavy (non-hydrogen) atoms. The number of thiophene rings is 1. The van der Waals surface area contributed by atoms with Crippen LogP contribution in [-0.4, -0.2) is 43.0 Å². The van der Waals surface area contributed by atoms with E-state index in [0.717, 1.165) is 24.3 Å². The average molecular weight is 310 g/mol. The zero-order chi connectivity index (χ0) is 15.1. The molecule has 0 radical (unpaired) electrons. The Morgan fingerprint density at radius 1 is 1.52 bits per heavy atom. The normalized spacial score (nSPS) is 19.2. The van der Waals surface area contributed by atoms with Crippen LogP contribution in [0.15, 0.2) is 17.5 Å². The lowest BCUT2D eigenvalue weighted by Gasteiger charge is -2.30. The summed E-state index contributed by atoms with van der Waals surface area (Å²) < 4.78 is 5.07. The lowest BCUT2D eigenvalue weighted by molar-refractivity contribution is -0.150. The first-order chi connectivity index (χ1) is 10.2. The zero-order valence-electron chi connectivity index (χ0n) is 12.3. The van der Waals surface area contributed by atoms with E-state index in [2.05, 4.69) is 5.32 Å². The van der Waals surface area contributed by atoms with Crippen LogP contribution in [0, 0.1) is 5.92 Å². The molecule has 1 amide bonds. The van der Waals surface area contributed by atoms with Crippen molar-refractivity contribution in [1.29, 1.82) is 0 Å². The van der Waals surface area contributed by atoms with Crippen molar-refractivity contribution in [3.8, 4) is 0 Å². The van der Waals surface area contributed by atoms with Gasteiger partial charge in [0, 0.05) is 11.4 Å². The highest BCUT2D eigenvalue weighted by molar-refractivity contribution is 7.09. The molecule has 1 saturated heterocycles. The van der Waals surface area contributed by atoms with Gasteiger partial charge in [-0.05, 0) is 37.8 Å². The third-order valence-corrected chi connectivity index (χ3v) is 4.41. The van der Waals surface area contributed by atoms with Gasteiger partial charge < -0.3 is 10.1 Å². The van der Waals surface area contributed by atoms with Crippen molar-refractivity contribution < 1.29 is 14.3 Å². The van der Waals surface area contributed by atoms with E-state index in [-0.39, 0.29) is 17.8 Å². The molecule has 2 rings (SSSR count). The Hall–Kier alpha value is -1.40. The molecule has 1 aromatic rings. The molecule has 0 saturated carbocycles. The van der Waals surface area contributed by atoms with Crippen molar-refractivity contribution in [2.75, 3.05) is 26.2 Å². The monoisotopic (exact) mass is 310 g/mol. The number of ether oxygens (including phenoxy) is 1. The lowest BCUT2D eigenvalue weighted by Crippen LogP contribution is -2.44. The number of carbonyl (C=O) groups is 2. The van der Waals surface area contributed by atoms with Gasteiger partial charge in [-0.25, -0.2) is 0 Å². The van der Waals surface area contributed by atoms with Crippen molar-refractivity contribution in [2.24, 2.45) is 5.92 Å². The summed E-state index contributed by atoms with van der Waals surface area (Å²) in [4.78, 5) is 26.9. The number of amides is 1. The summed E-state index contributed by atoms with van der Waals surface area (Å²) in [7, 11) is 0. The maximum atomic E-state index is 11.9. The van der Waals surface area contributed by atoms with Crippen LogP contribution in [0.1, 0.15) is 24.6 Å². The second kappa shape index (κ2) is 8.14. The van der Waals surface area contributed by atoms with Crippen LogP contribution in [0.5, 0.6) is 0 Å². The van der Waals surface area contributed by atoms with Gasteiger partial charge in [-0.3, -0.25) is 14.5 Å². The molecule has 5 nitrogen and oxygen atoms in total. The Morgan fingerprint density at radius 3 is 3.10 bits per heavy atom. The largest absolute Gasteiger partial charge is 0.466 e. The number of carbonyl (C=O) groups excluding carboxylic acids is 2. The second-order valence-electron chi connectivity index (χ2n) is 5.18. The SMILES string of the molecule is CCOC(=O)[C@@H]1CCCN(CC(=O)NCc2cccs2)C1. The van der Waals surface area contributed by atoms with Gasteiger partial charge in [0.05, 0.1) is 25.6 Å². The summed E-state index contributed by atoms with van der Waals surface area (Å²) in [6.07, 6.45) is 1.79. The zero-order valence-corrected chi connectivity index (χ0v) is 13.2. The summed E-state index contributed by atoms with van der Waals surface area (Å²) in [6, 6.07) is 3.98. The minimum absolute atomic E-state index is 0.00732. The lowest BCUT2D eigenvalue weighted by atomic mass is 9.98. The highest BCUT2D eigenvalue weighted by atomic mass is 32.1. The van der Waals surface area contributed by atoms with Gasteiger partial charge in [0.1, 0.15) is 0 Å². The minimum atomic E-state index is -0.138. The third-order valence-electron chi connectivity index (χ3n) is 3.53. The molecule has 1 atom stereocenters. The maximum absolute atomic E-state index is 11.9. The molecule has 6 heteroatoms. The van der Waals surface area contributed by atoms with Crippen molar-refractivity contribution in [3.63, 3.8) is 0 Å². The number of nitrogens with one attached hydrogen (secondary N) is 1. The van der Waals surface area contributed by atoms with Crippen LogP contribution in [-0.2, 0) is 20.9 Å². The molecule has 2 heterocycles. The smallest absolute Gasteiger partial charge is 0.310 e. The van der Waals surface area contributed by atoms with Crippen LogP contribution in [0.3, 0.4) is 0 Å². The summed E-state index contributed by atoms with van der Waals surface area (Å²) in [5.74, 6) is -0.224. The number of piperidine rings is 1. The Morgan fingerprint density at radius 2 is 2.38 bits per heavy atom. The number of nitrogens with zero attached hydrogens (tertiary/aromatic N) is 1. The molecular weight excluding hydrogens is 288 g/mol. The van der Waals surface area contributed by atoms with E-state index in [1.54, 1.807) is 11.3 Å². The Bertz CT molecular complexity index is 461. The number of hydrogen-bond acceptors (Lipinski definition) is 5. The topological polar surface area (TPSA) is 58.6 Å². The van der Waals surface area contributed by atoms with Crippen LogP contribution >= 0.6 is 11.3 Å². The van der Waals surface area contributed by atoms with Gasteiger partial charge in [-0.15, -0.1) is 11.3 Å². The first-order valence-electron chi connectivity index (χ1n) is 7.37. The summed E-state index contributed by atoms with van der Waals surface area (Å²) in [6.45, 7) is 4.63. The van der Waals surface area contributed by atoms with Crippen molar-refractivity contribution in [3.05, 3.63) is 22.4 Å². The van der Waals surface area contributed by atoms with Crippen molar-refractivity contribution in [2.45, 2.75) is 26.3 Å². The fourth-order valence-electron chi connectivity index (χ4n) is 2.51. The summed E-state index contributed by atoms with van der Waals surface area (Å²) in [5.41, 5.74) is 0. The molecule has 1 fully saturated rings. The molecule has 0 bridgehead atoms. The molecule has 1 aromatic heterocycles. The molecule has 116 valence electrons. The molecule has 1 N–H and O–H groups in total. The van der Waals surface area contributed by atoms with E-state index in [0.29, 0.717) is 26.2 Å². The van der Waals surface area contributed by atoms with E-state index < -0.39 is 0 Å². The molecule has 1 aliphatic heterocycles. The molecule has 0 unspecified atom stereocenters. The molecule has 1 aliphatic rings. The van der Waals surface area contributed by atoms with E-state index >= 15 is 0 Å². The standard InChI is InChI=1S/C15H22N2O3S/c1-2-20-15(19)12-5-3-7-17(10-12)11-14(18)16-9-13-6-4-8-21-13/h4,6,8,12H,2-3,5,7,9-11H2,1H3,(H,16,18)/t12-/m1/s1. The minimum Gasteiger partial charge on any atom is -0.466 e. The fourth-order valence-corrected chi connectivity index (χ4v) is 3.15. The highest BCUT2D eigenvalue weighted by Crippen LogP contribution is 2.17. The van der Waals surface area contributed by atoms with Gasteiger partial charge in [0.2, 0.25) is 5.91 Å². The molecule has 0 spiro atoms. The quantitative estimate of drug-likeness (QED) is 0.812. The second-order valence-corrected chi connectivity index (χ2v) is 6.21. The number of hydrogen-bond donors (Lipinski definition) is 1. The van der Waals surface area contributed by atoms with Gasteiger partial charge in [-0.2, -0.15) is 0 Å². The van der Waals surface area contributed by atoms with E-state index in [9.17, 15) is 9.59 Å². The van der Waals surface area contributed by atoms with Gasteiger partial charge in [-0.1, -0.05) is 6.07 Å². The summed E-state index contributed by atoms with van der Waals surface area (Å²) in [5, 5.41) is 4.91. The fraction of sp³-hybridized carbons (Fsp3) is 0.600. The summed E-state index contributed by atoms with van der Waals surface area (Å²) >= 11 is 1.63. The molecule has 0 aliphatic carbocycles. The average Bonchev–Trinajstić information content (AvgIpc) is 2.99. The molecule has 0 aromatic carbocycles. The van der Waals surface area contributed by atoms with Crippen LogP contribution in [0.4, 0.5) is 0 Å². The van der Waals surface area contributed by atoms with Crippen LogP contribution < -0.4 is 5.32 Å². The van der Waals surface area contributed by atoms with Gasteiger partial charge >= 0.3 is 5.97 Å². The third kappa shape index (κ3) is 5.13. The van der Waals surface area contributed by atoms with Crippen LogP contribution in [0.2, 0.25) is 0 Å². The Balaban J connectivity index is 1.74. The van der Waals surface area contributed by atoms with E-state index in [1.807, 2.05) is 29.3 Å². The van der Waals surface area contributed by atoms with Crippen molar-refractivity contribution in [1.82, 2.24) is 10.2 Å². The van der Waals surface area contributed by atoms with E-state index in [4.69, 9.17) is 4.74 Å².